The van der Waals surface area contributed by atoms with Gasteiger partial charge in [0.2, 0.25) is 5.88 Å². The van der Waals surface area contributed by atoms with Crippen molar-refractivity contribution in [2.24, 2.45) is 5.92 Å². The summed E-state index contributed by atoms with van der Waals surface area (Å²) in [5, 5.41) is 8.29. The van der Waals surface area contributed by atoms with Gasteiger partial charge in [-0.3, -0.25) is 4.90 Å². The Morgan fingerprint density at radius 3 is 2.60 bits per heavy atom. The van der Waals surface area contributed by atoms with Crippen LogP contribution in [0.15, 0.2) is 55.1 Å². The van der Waals surface area contributed by atoms with Crippen LogP contribution in [0.1, 0.15) is 30.4 Å². The zero-order valence-corrected chi connectivity index (χ0v) is 23.3. The summed E-state index contributed by atoms with van der Waals surface area (Å²) in [6.45, 7) is 7.75. The molecule has 4 saturated heterocycles. The van der Waals surface area contributed by atoms with Gasteiger partial charge in [-0.25, -0.2) is 14.5 Å². The molecule has 2 bridgehead atoms. The third-order valence-corrected chi connectivity index (χ3v) is 8.83. The van der Waals surface area contributed by atoms with Crippen LogP contribution in [0.4, 0.5) is 11.5 Å². The van der Waals surface area contributed by atoms with Crippen LogP contribution in [-0.4, -0.2) is 76.5 Å². The van der Waals surface area contributed by atoms with Gasteiger partial charge in [0.1, 0.15) is 5.82 Å². The number of pyridine rings is 3. The normalized spacial score (nSPS) is 21.4. The maximum absolute atomic E-state index is 5.53. The van der Waals surface area contributed by atoms with Crippen molar-refractivity contribution in [3.05, 3.63) is 66.2 Å². The summed E-state index contributed by atoms with van der Waals surface area (Å²) in [5.74, 6) is 2.36. The van der Waals surface area contributed by atoms with Crippen LogP contribution < -0.4 is 15.0 Å². The van der Waals surface area contributed by atoms with Crippen LogP contribution in [0.3, 0.4) is 0 Å². The van der Waals surface area contributed by atoms with Gasteiger partial charge >= 0.3 is 0 Å². The van der Waals surface area contributed by atoms with E-state index in [4.69, 9.17) is 14.5 Å². The Labute approximate surface area is 235 Å². The van der Waals surface area contributed by atoms with Crippen molar-refractivity contribution in [3.63, 3.8) is 0 Å². The number of aryl methyl sites for hydroxylation is 1. The van der Waals surface area contributed by atoms with Gasteiger partial charge in [0.05, 0.1) is 30.7 Å². The number of methoxy groups -OCH3 is 1. The summed E-state index contributed by atoms with van der Waals surface area (Å²) in [4.78, 5) is 14.4. The minimum Gasteiger partial charge on any atom is -0.481 e. The predicted molar refractivity (Wildman–Crippen MR) is 156 cm³/mol. The lowest BCUT2D eigenvalue weighted by molar-refractivity contribution is -0.00876. The van der Waals surface area contributed by atoms with E-state index in [2.05, 4.69) is 62.6 Å². The van der Waals surface area contributed by atoms with E-state index >= 15 is 0 Å². The smallest absolute Gasteiger partial charge is 0.212 e. The highest BCUT2D eigenvalue weighted by Gasteiger charge is 2.44. The summed E-state index contributed by atoms with van der Waals surface area (Å²) >= 11 is 0. The summed E-state index contributed by atoms with van der Waals surface area (Å²) in [5.41, 5.74) is 6.89. The Hall–Kier alpha value is -3.69. The molecule has 4 aliphatic rings. The van der Waals surface area contributed by atoms with Crippen LogP contribution in [-0.2, 0) is 11.3 Å². The van der Waals surface area contributed by atoms with E-state index in [-0.39, 0.29) is 0 Å². The number of aromatic nitrogens is 4. The first-order chi connectivity index (χ1) is 19.6. The molecule has 8 rings (SSSR count). The number of piperazine rings is 1. The zero-order chi connectivity index (χ0) is 27.1. The summed E-state index contributed by atoms with van der Waals surface area (Å²) in [6.07, 6.45) is 11.5. The lowest BCUT2D eigenvalue weighted by atomic mass is 9.87. The fourth-order valence-electron chi connectivity index (χ4n) is 6.51. The summed E-state index contributed by atoms with van der Waals surface area (Å²) < 4.78 is 12.7. The third-order valence-electron chi connectivity index (χ3n) is 8.83. The van der Waals surface area contributed by atoms with E-state index in [9.17, 15) is 0 Å². The van der Waals surface area contributed by atoms with Crippen LogP contribution in [0.5, 0.6) is 5.88 Å². The molecule has 4 aromatic rings. The third kappa shape index (κ3) is 4.88. The van der Waals surface area contributed by atoms with Crippen LogP contribution >= 0.6 is 0 Å². The monoisotopic (exact) mass is 539 g/mol. The molecule has 8 heterocycles. The van der Waals surface area contributed by atoms with E-state index in [0.29, 0.717) is 23.9 Å². The lowest BCUT2D eigenvalue weighted by Crippen LogP contribution is -2.68. The summed E-state index contributed by atoms with van der Waals surface area (Å²) in [6, 6.07) is 11.8. The average Bonchev–Trinajstić information content (AvgIpc) is 3.39. The largest absolute Gasteiger partial charge is 0.481 e. The molecule has 1 N–H and O–H groups in total. The Morgan fingerprint density at radius 2 is 1.88 bits per heavy atom. The van der Waals surface area contributed by atoms with Gasteiger partial charge in [0.15, 0.2) is 0 Å². The molecule has 4 aliphatic heterocycles. The van der Waals surface area contributed by atoms with Gasteiger partial charge < -0.3 is 19.7 Å². The van der Waals surface area contributed by atoms with Gasteiger partial charge in [-0.15, -0.1) is 0 Å². The van der Waals surface area contributed by atoms with Crippen LogP contribution in [0, 0.1) is 12.8 Å². The predicted octanol–water partition coefficient (Wildman–Crippen LogP) is 4.41. The molecule has 0 aromatic carbocycles. The molecule has 2 unspecified atom stereocenters. The second kappa shape index (κ2) is 10.7. The molecule has 0 saturated carbocycles. The van der Waals surface area contributed by atoms with Crippen molar-refractivity contribution in [2.75, 3.05) is 50.2 Å². The molecule has 4 aromatic heterocycles. The standard InChI is InChI=1S/C31H37N7O2/c1-21-13-35-38-18-25(32-14-22-7-9-40-10-8-22)11-28(31(21)38)24-4-5-29(33-16-24)36-19-26-12-27(20-36)37(26)17-23-3-6-30(39-2)34-15-23/h3-6,11,13,15-16,18,22,26-27,32H,7-10,12,14,17,19-20H2,1-2H3. The topological polar surface area (TPSA) is 80.0 Å². The molecule has 0 spiro atoms. The first-order valence-electron chi connectivity index (χ1n) is 14.4. The maximum atomic E-state index is 5.53. The minimum atomic E-state index is 0.551. The molecule has 9 nitrogen and oxygen atoms in total. The van der Waals surface area contributed by atoms with E-state index in [1.54, 1.807) is 7.11 Å². The van der Waals surface area contributed by atoms with Gasteiger partial charge in [0, 0.05) is 81.1 Å². The number of hydrogen-bond donors (Lipinski definition) is 1. The quantitative estimate of drug-likeness (QED) is 0.353. The number of piperidine rings is 1. The highest BCUT2D eigenvalue weighted by molar-refractivity contribution is 5.84. The van der Waals surface area contributed by atoms with E-state index in [1.165, 1.54) is 17.5 Å². The fourth-order valence-corrected chi connectivity index (χ4v) is 6.51. The van der Waals surface area contributed by atoms with Gasteiger partial charge in [-0.2, -0.15) is 5.10 Å². The van der Waals surface area contributed by atoms with E-state index < -0.39 is 0 Å². The molecule has 208 valence electrons. The number of nitrogens with one attached hydrogen (secondary N) is 1. The molecule has 0 amide bonds. The van der Waals surface area contributed by atoms with E-state index in [0.717, 1.165) is 80.4 Å². The Kier molecular flexibility index (Phi) is 6.77. The highest BCUT2D eigenvalue weighted by atomic mass is 16.5. The Balaban J connectivity index is 1.05. The van der Waals surface area contributed by atoms with Gasteiger partial charge in [-0.05, 0) is 61.4 Å². The van der Waals surface area contributed by atoms with Crippen molar-refractivity contribution >= 4 is 17.0 Å². The highest BCUT2D eigenvalue weighted by Crippen LogP contribution is 2.36. The fraction of sp³-hybridized carbons (Fsp3) is 0.452. The van der Waals surface area contributed by atoms with Crippen molar-refractivity contribution in [1.29, 1.82) is 0 Å². The lowest BCUT2D eigenvalue weighted by Gasteiger charge is -2.56. The van der Waals surface area contributed by atoms with Crippen molar-refractivity contribution < 1.29 is 9.47 Å². The Morgan fingerprint density at radius 1 is 1.02 bits per heavy atom. The molecule has 2 atom stereocenters. The van der Waals surface area contributed by atoms with Crippen LogP contribution in [0.2, 0.25) is 0 Å². The molecule has 0 radical (unpaired) electrons. The number of hydrogen-bond acceptors (Lipinski definition) is 8. The van der Waals surface area contributed by atoms with E-state index in [1.807, 2.05) is 29.2 Å². The van der Waals surface area contributed by atoms with Gasteiger partial charge in [0.25, 0.3) is 0 Å². The second-order valence-corrected chi connectivity index (χ2v) is 11.4. The second-order valence-electron chi connectivity index (χ2n) is 11.4. The molecule has 9 heteroatoms. The molecule has 40 heavy (non-hydrogen) atoms. The van der Waals surface area contributed by atoms with Crippen molar-refractivity contribution in [2.45, 2.75) is 44.8 Å². The van der Waals surface area contributed by atoms with Crippen molar-refractivity contribution in [3.8, 4) is 17.0 Å². The minimum absolute atomic E-state index is 0.551. The average molecular weight is 540 g/mol. The molecule has 4 fully saturated rings. The first-order valence-corrected chi connectivity index (χ1v) is 14.4. The first kappa shape index (κ1) is 25.3. The zero-order valence-electron chi connectivity index (χ0n) is 23.3. The Bertz CT molecular complexity index is 1450. The SMILES string of the molecule is COc1ccc(CN2C3CC2CN(c2ccc(-c4cc(NCC5CCOCC5)cn5ncc(C)c45)cn2)C3)cn1. The van der Waals surface area contributed by atoms with Crippen molar-refractivity contribution in [1.82, 2.24) is 24.5 Å². The summed E-state index contributed by atoms with van der Waals surface area (Å²) in [7, 11) is 1.65. The number of rotatable bonds is 8. The number of ether oxygens (including phenoxy) is 2. The number of nitrogens with zero attached hydrogens (tertiary/aromatic N) is 6. The molecular weight excluding hydrogens is 502 g/mol. The molecular formula is C31H37N7O2. The maximum Gasteiger partial charge on any atom is 0.212 e. The van der Waals surface area contributed by atoms with Gasteiger partial charge in [-0.1, -0.05) is 6.07 Å². The number of fused-ring (bicyclic) bond motifs is 3. The van der Waals surface area contributed by atoms with Crippen LogP contribution in [0.25, 0.3) is 16.6 Å². The number of anilines is 2. The molecule has 0 aliphatic carbocycles.